The molecule has 0 atom stereocenters. The lowest BCUT2D eigenvalue weighted by atomic mass is 10.0. The lowest BCUT2D eigenvalue weighted by molar-refractivity contribution is 0.0966. The highest BCUT2D eigenvalue weighted by atomic mass is 16.3. The highest BCUT2D eigenvalue weighted by Gasteiger charge is 2.35. The van der Waals surface area contributed by atoms with Gasteiger partial charge in [0, 0.05) is 12.1 Å². The highest BCUT2D eigenvalue weighted by molar-refractivity contribution is 6.08. The molecule has 0 radical (unpaired) electrons. The molecule has 2 heterocycles. The fourth-order valence-corrected chi connectivity index (χ4v) is 4.08. The summed E-state index contributed by atoms with van der Waals surface area (Å²) >= 11 is 0. The quantitative estimate of drug-likeness (QED) is 0.940. The first-order chi connectivity index (χ1) is 11.7. The van der Waals surface area contributed by atoms with Crippen molar-refractivity contribution in [2.24, 2.45) is 0 Å². The maximum Gasteiger partial charge on any atom is 0.276 e. The van der Waals surface area contributed by atoms with E-state index in [9.17, 15) is 9.90 Å². The van der Waals surface area contributed by atoms with Gasteiger partial charge in [0.25, 0.3) is 5.91 Å². The molecule has 0 unspecified atom stereocenters. The number of aromatic hydroxyl groups is 1. The van der Waals surface area contributed by atoms with Crippen molar-refractivity contribution in [1.82, 2.24) is 9.78 Å². The van der Waals surface area contributed by atoms with E-state index in [0.717, 1.165) is 42.6 Å². The molecular weight excluding hydrogens is 302 g/mol. The molecule has 0 bridgehead atoms. The number of phenolic OH excluding ortho intramolecular Hbond substituents is 1. The van der Waals surface area contributed by atoms with E-state index in [1.54, 1.807) is 23.1 Å². The molecule has 0 spiro atoms. The summed E-state index contributed by atoms with van der Waals surface area (Å²) in [6.07, 6.45) is 6.26. The molecule has 1 amide bonds. The summed E-state index contributed by atoms with van der Waals surface area (Å²) in [6, 6.07) is 7.40. The molecule has 1 aromatic carbocycles. The van der Waals surface area contributed by atoms with E-state index in [1.165, 1.54) is 12.8 Å². The van der Waals surface area contributed by atoms with Gasteiger partial charge >= 0.3 is 0 Å². The largest absolute Gasteiger partial charge is 0.506 e. The van der Waals surface area contributed by atoms with E-state index < -0.39 is 0 Å². The highest BCUT2D eigenvalue weighted by Crippen LogP contribution is 2.36. The first-order valence-electron chi connectivity index (χ1n) is 8.90. The fraction of sp³-hybridized carbons (Fsp3) is 0.474. The van der Waals surface area contributed by atoms with Gasteiger partial charge in [-0.2, -0.15) is 5.10 Å². The van der Waals surface area contributed by atoms with Crippen LogP contribution in [-0.4, -0.2) is 27.3 Å². The molecule has 1 saturated carbocycles. The van der Waals surface area contributed by atoms with Gasteiger partial charge in [-0.05, 0) is 37.8 Å². The zero-order valence-corrected chi connectivity index (χ0v) is 14.0. The zero-order chi connectivity index (χ0) is 16.7. The van der Waals surface area contributed by atoms with Crippen LogP contribution in [0.3, 0.4) is 0 Å². The van der Waals surface area contributed by atoms with E-state index in [-0.39, 0.29) is 11.7 Å². The van der Waals surface area contributed by atoms with Crippen molar-refractivity contribution in [1.29, 1.82) is 0 Å². The van der Waals surface area contributed by atoms with Crippen LogP contribution in [0.5, 0.6) is 5.75 Å². The number of anilines is 1. The van der Waals surface area contributed by atoms with Gasteiger partial charge in [0.2, 0.25) is 0 Å². The van der Waals surface area contributed by atoms with E-state index in [2.05, 4.69) is 6.92 Å². The topological polar surface area (TPSA) is 58.4 Å². The van der Waals surface area contributed by atoms with Gasteiger partial charge in [-0.15, -0.1) is 0 Å². The molecule has 2 aromatic rings. The molecule has 126 valence electrons. The standard InChI is InChI=1S/C19H23N3O2/c1-2-15-14-11-12-21(16-9-5-6-10-17(16)23)19(24)18(14)22(20-15)13-7-3-4-8-13/h5-6,9-10,13,23H,2-4,7-8,11-12H2,1H3. The second kappa shape index (κ2) is 5.96. The number of hydrogen-bond donors (Lipinski definition) is 1. The van der Waals surface area contributed by atoms with Crippen molar-refractivity contribution in [3.8, 4) is 5.75 Å². The Kier molecular flexibility index (Phi) is 3.79. The minimum absolute atomic E-state index is 0.0307. The summed E-state index contributed by atoms with van der Waals surface area (Å²) in [5, 5.41) is 14.9. The van der Waals surface area contributed by atoms with Gasteiger partial charge in [0.05, 0.1) is 17.4 Å². The van der Waals surface area contributed by atoms with Crippen LogP contribution < -0.4 is 4.90 Å². The van der Waals surface area contributed by atoms with Crippen molar-refractivity contribution < 1.29 is 9.90 Å². The molecule has 4 rings (SSSR count). The normalized spacial score (nSPS) is 18.2. The molecule has 2 aliphatic rings. The maximum absolute atomic E-state index is 13.2. The van der Waals surface area contributed by atoms with E-state index in [1.807, 2.05) is 10.7 Å². The van der Waals surface area contributed by atoms with Gasteiger partial charge in [0.15, 0.2) is 0 Å². The van der Waals surface area contributed by atoms with Crippen LogP contribution in [0.2, 0.25) is 0 Å². The molecule has 5 nitrogen and oxygen atoms in total. The third kappa shape index (κ3) is 2.30. The zero-order valence-electron chi connectivity index (χ0n) is 14.0. The number of hydrogen-bond acceptors (Lipinski definition) is 3. The Morgan fingerprint density at radius 1 is 1.25 bits per heavy atom. The number of nitrogens with zero attached hydrogens (tertiary/aromatic N) is 3. The van der Waals surface area contributed by atoms with Crippen molar-refractivity contribution in [2.45, 2.75) is 51.5 Å². The second-order valence-electron chi connectivity index (χ2n) is 6.71. The monoisotopic (exact) mass is 325 g/mol. The smallest absolute Gasteiger partial charge is 0.276 e. The van der Waals surface area contributed by atoms with Gasteiger partial charge in [-0.25, -0.2) is 0 Å². The number of aromatic nitrogens is 2. The maximum atomic E-state index is 13.2. The van der Waals surface area contributed by atoms with E-state index in [4.69, 9.17) is 5.10 Å². The number of carbonyl (C=O) groups excluding carboxylic acids is 1. The molecule has 1 aliphatic carbocycles. The van der Waals surface area contributed by atoms with Gasteiger partial charge in [0.1, 0.15) is 11.4 Å². The number of rotatable bonds is 3. The number of para-hydroxylation sites is 2. The summed E-state index contributed by atoms with van der Waals surface area (Å²) in [7, 11) is 0. The Bertz CT molecular complexity index is 775. The van der Waals surface area contributed by atoms with Crippen LogP contribution >= 0.6 is 0 Å². The number of benzene rings is 1. The first-order valence-corrected chi connectivity index (χ1v) is 8.90. The van der Waals surface area contributed by atoms with Crippen molar-refractivity contribution in [3.63, 3.8) is 0 Å². The number of amides is 1. The molecule has 1 N–H and O–H groups in total. The summed E-state index contributed by atoms with van der Waals surface area (Å²) in [5.74, 6) is 0.119. The summed E-state index contributed by atoms with van der Waals surface area (Å²) in [4.78, 5) is 14.9. The predicted molar refractivity (Wildman–Crippen MR) is 92.6 cm³/mol. The Morgan fingerprint density at radius 2 is 2.00 bits per heavy atom. The lowest BCUT2D eigenvalue weighted by Gasteiger charge is -2.29. The third-order valence-electron chi connectivity index (χ3n) is 5.30. The third-order valence-corrected chi connectivity index (χ3v) is 5.30. The molecule has 1 aliphatic heterocycles. The van der Waals surface area contributed by atoms with Crippen LogP contribution in [0.1, 0.15) is 60.4 Å². The summed E-state index contributed by atoms with van der Waals surface area (Å²) in [5.41, 5.74) is 3.50. The van der Waals surface area contributed by atoms with Crippen LogP contribution in [0.25, 0.3) is 0 Å². The SMILES string of the molecule is CCc1nn(C2CCCC2)c2c1CCN(c1ccccc1O)C2=O. The number of carbonyl (C=O) groups is 1. The number of aryl methyl sites for hydroxylation is 1. The van der Waals surface area contributed by atoms with Crippen molar-refractivity contribution in [2.75, 3.05) is 11.4 Å². The van der Waals surface area contributed by atoms with E-state index in [0.29, 0.717) is 18.3 Å². The molecule has 0 saturated heterocycles. The molecule has 5 heteroatoms. The molecule has 1 aromatic heterocycles. The van der Waals surface area contributed by atoms with Gasteiger partial charge < -0.3 is 10.0 Å². The molecule has 24 heavy (non-hydrogen) atoms. The van der Waals surface area contributed by atoms with Gasteiger partial charge in [-0.1, -0.05) is 31.9 Å². The predicted octanol–water partition coefficient (Wildman–Crippen LogP) is 3.47. The minimum atomic E-state index is -0.0307. The van der Waals surface area contributed by atoms with Crippen molar-refractivity contribution >= 4 is 11.6 Å². The number of phenols is 1. The van der Waals surface area contributed by atoms with Crippen LogP contribution in [0.15, 0.2) is 24.3 Å². The van der Waals surface area contributed by atoms with E-state index >= 15 is 0 Å². The Morgan fingerprint density at radius 3 is 2.71 bits per heavy atom. The summed E-state index contributed by atoms with van der Waals surface area (Å²) < 4.78 is 2.00. The molecular formula is C19H23N3O2. The lowest BCUT2D eigenvalue weighted by Crippen LogP contribution is -2.39. The fourth-order valence-electron chi connectivity index (χ4n) is 4.08. The first kappa shape index (κ1) is 15.2. The van der Waals surface area contributed by atoms with Gasteiger partial charge in [-0.3, -0.25) is 9.48 Å². The minimum Gasteiger partial charge on any atom is -0.506 e. The Labute approximate surface area is 141 Å². The van der Waals surface area contributed by atoms with Crippen molar-refractivity contribution in [3.05, 3.63) is 41.2 Å². The number of fused-ring (bicyclic) bond motifs is 1. The average molecular weight is 325 g/mol. The second-order valence-corrected chi connectivity index (χ2v) is 6.71. The van der Waals surface area contributed by atoms with Crippen LogP contribution in [0, 0.1) is 0 Å². The van der Waals surface area contributed by atoms with Crippen LogP contribution in [0.4, 0.5) is 5.69 Å². The Balaban J connectivity index is 1.78. The Hall–Kier alpha value is -2.30. The summed E-state index contributed by atoms with van der Waals surface area (Å²) in [6.45, 7) is 2.69. The average Bonchev–Trinajstić information content (AvgIpc) is 3.23. The molecule has 1 fully saturated rings. The van der Waals surface area contributed by atoms with Crippen LogP contribution in [-0.2, 0) is 12.8 Å².